The molecule has 1 N–H and O–H groups in total. The molecule has 1 amide bonds. The number of amides is 1. The number of carbonyl (C=O) groups excluding carboxylic acids is 1. The lowest BCUT2D eigenvalue weighted by atomic mass is 10.2. The zero-order chi connectivity index (χ0) is 22.4. The van der Waals surface area contributed by atoms with E-state index in [9.17, 15) is 4.79 Å². The number of benzene rings is 2. The van der Waals surface area contributed by atoms with Gasteiger partial charge in [0.15, 0.2) is 16.7 Å². The number of nitrogens with one attached hydrogen (secondary N) is 1. The Balaban J connectivity index is 1.82. The van der Waals surface area contributed by atoms with Gasteiger partial charge in [0, 0.05) is 0 Å². The van der Waals surface area contributed by atoms with E-state index in [0.29, 0.717) is 34.8 Å². The zero-order valence-corrected chi connectivity index (χ0v) is 20.3. The van der Waals surface area contributed by atoms with Crippen molar-refractivity contribution in [2.24, 2.45) is 4.99 Å². The predicted molar refractivity (Wildman–Crippen MR) is 129 cm³/mol. The molecule has 3 rings (SSSR count). The second-order valence-corrected chi connectivity index (χ2v) is 8.72. The molecule has 1 aliphatic rings. The molecule has 1 heterocycles. The van der Waals surface area contributed by atoms with E-state index in [1.54, 1.807) is 0 Å². The van der Waals surface area contributed by atoms with Gasteiger partial charge in [0.1, 0.15) is 5.75 Å². The minimum absolute atomic E-state index is 0.0113. The van der Waals surface area contributed by atoms with Crippen LogP contribution in [0.2, 0.25) is 0 Å². The summed E-state index contributed by atoms with van der Waals surface area (Å²) in [6, 6.07) is 11.2. The Morgan fingerprint density at radius 3 is 2.48 bits per heavy atom. The molecule has 0 aliphatic carbocycles. The number of carbonyl (C=O) groups is 1. The van der Waals surface area contributed by atoms with Gasteiger partial charge in [0.25, 0.3) is 5.91 Å². The van der Waals surface area contributed by atoms with Gasteiger partial charge in [-0.15, -0.1) is 0 Å². The number of halogens is 1. The van der Waals surface area contributed by atoms with Crippen molar-refractivity contribution in [2.45, 2.75) is 33.8 Å². The number of ether oxygens (including phenoxy) is 3. The largest absolute Gasteiger partial charge is 0.494 e. The number of rotatable bonds is 8. The summed E-state index contributed by atoms with van der Waals surface area (Å²) in [6.07, 6.45) is 1.82. The average Bonchev–Trinajstić information content (AvgIpc) is 3.05. The molecule has 0 radical (unpaired) electrons. The van der Waals surface area contributed by atoms with Crippen molar-refractivity contribution in [3.63, 3.8) is 0 Å². The molecular formula is C23H25BrN2O4S. The maximum absolute atomic E-state index is 12.5. The monoisotopic (exact) mass is 504 g/mol. The van der Waals surface area contributed by atoms with Gasteiger partial charge in [-0.1, -0.05) is 0 Å². The Morgan fingerprint density at radius 2 is 1.84 bits per heavy atom. The molecule has 0 spiro atoms. The summed E-state index contributed by atoms with van der Waals surface area (Å²) in [7, 11) is 0. The van der Waals surface area contributed by atoms with Gasteiger partial charge in [-0.2, -0.15) is 0 Å². The van der Waals surface area contributed by atoms with Gasteiger partial charge in [0.2, 0.25) is 0 Å². The first-order valence-corrected chi connectivity index (χ1v) is 11.7. The molecule has 0 saturated carbocycles. The van der Waals surface area contributed by atoms with Crippen LogP contribution < -0.4 is 19.5 Å². The summed E-state index contributed by atoms with van der Waals surface area (Å²) < 4.78 is 17.8. The highest BCUT2D eigenvalue weighted by molar-refractivity contribution is 9.10. The average molecular weight is 505 g/mol. The van der Waals surface area contributed by atoms with E-state index in [4.69, 9.17) is 14.2 Å². The topological polar surface area (TPSA) is 69.2 Å². The molecular weight excluding hydrogens is 480 g/mol. The van der Waals surface area contributed by atoms with Crippen LogP contribution in [-0.4, -0.2) is 30.4 Å². The SMILES string of the molecule is CCOc1ccc(N=C2NC(=O)C(=Cc3cc(Br)c(OC(C)C)c(OCC)c3)S2)cc1. The van der Waals surface area contributed by atoms with Crippen LogP contribution in [0, 0.1) is 0 Å². The van der Waals surface area contributed by atoms with Crippen molar-refractivity contribution in [3.05, 3.63) is 51.3 Å². The van der Waals surface area contributed by atoms with Gasteiger partial charge in [-0.3, -0.25) is 4.79 Å². The number of hydrogen-bond donors (Lipinski definition) is 1. The van der Waals surface area contributed by atoms with Gasteiger partial charge in [-0.05, 0) is 103 Å². The fourth-order valence-electron chi connectivity index (χ4n) is 2.82. The smallest absolute Gasteiger partial charge is 0.264 e. The number of thioether (sulfide) groups is 1. The van der Waals surface area contributed by atoms with Crippen LogP contribution in [0.5, 0.6) is 17.2 Å². The summed E-state index contributed by atoms with van der Waals surface area (Å²) in [4.78, 5) is 17.5. The van der Waals surface area contributed by atoms with E-state index in [2.05, 4.69) is 26.2 Å². The molecule has 6 nitrogen and oxygen atoms in total. The Kier molecular flexibility index (Phi) is 8.03. The number of nitrogens with zero attached hydrogens (tertiary/aromatic N) is 1. The molecule has 8 heteroatoms. The number of amidine groups is 1. The van der Waals surface area contributed by atoms with Gasteiger partial charge < -0.3 is 19.5 Å². The van der Waals surface area contributed by atoms with E-state index in [1.807, 2.05) is 70.2 Å². The lowest BCUT2D eigenvalue weighted by Gasteiger charge is -2.17. The molecule has 0 aromatic heterocycles. The second kappa shape index (κ2) is 10.7. The van der Waals surface area contributed by atoms with Crippen molar-refractivity contribution in [1.29, 1.82) is 0 Å². The summed E-state index contributed by atoms with van der Waals surface area (Å²) >= 11 is 4.85. The summed E-state index contributed by atoms with van der Waals surface area (Å²) in [5.74, 6) is 1.88. The molecule has 1 aliphatic heterocycles. The van der Waals surface area contributed by atoms with Crippen molar-refractivity contribution in [2.75, 3.05) is 13.2 Å². The first-order chi connectivity index (χ1) is 14.9. The molecule has 31 heavy (non-hydrogen) atoms. The maximum Gasteiger partial charge on any atom is 0.264 e. The summed E-state index contributed by atoms with van der Waals surface area (Å²) in [5, 5.41) is 3.34. The molecule has 0 atom stereocenters. The Hall–Kier alpha value is -2.45. The second-order valence-electron chi connectivity index (χ2n) is 6.84. The Morgan fingerprint density at radius 1 is 1.13 bits per heavy atom. The fraction of sp³-hybridized carbons (Fsp3) is 0.304. The van der Waals surface area contributed by atoms with Gasteiger partial charge in [-0.25, -0.2) is 4.99 Å². The van der Waals surface area contributed by atoms with E-state index >= 15 is 0 Å². The van der Waals surface area contributed by atoms with E-state index in [-0.39, 0.29) is 12.0 Å². The molecule has 2 aromatic rings. The lowest BCUT2D eigenvalue weighted by molar-refractivity contribution is -0.115. The Bertz CT molecular complexity index is 1000. The van der Waals surface area contributed by atoms with Crippen LogP contribution in [-0.2, 0) is 4.79 Å². The minimum Gasteiger partial charge on any atom is -0.494 e. The van der Waals surface area contributed by atoms with Crippen molar-refractivity contribution in [3.8, 4) is 17.2 Å². The third-order valence-electron chi connectivity index (χ3n) is 4.01. The molecule has 0 unspecified atom stereocenters. The highest BCUT2D eigenvalue weighted by Gasteiger charge is 2.24. The van der Waals surface area contributed by atoms with Crippen molar-refractivity contribution in [1.82, 2.24) is 5.32 Å². The molecule has 2 aromatic carbocycles. The van der Waals surface area contributed by atoms with E-state index < -0.39 is 0 Å². The van der Waals surface area contributed by atoms with Crippen LogP contribution in [0.25, 0.3) is 6.08 Å². The Labute approximate surface area is 195 Å². The zero-order valence-electron chi connectivity index (χ0n) is 17.9. The number of aliphatic imine (C=N–C) groups is 1. The standard InChI is InChI=1S/C23H25BrN2O4S/c1-5-28-17-9-7-16(8-10-17)25-23-26-22(27)20(31-23)13-15-11-18(24)21(30-14(3)4)19(12-15)29-6-2/h7-14H,5-6H2,1-4H3,(H,25,26,27). The minimum atomic E-state index is -0.189. The van der Waals surface area contributed by atoms with Crippen LogP contribution in [0.1, 0.15) is 33.3 Å². The molecule has 164 valence electrons. The lowest BCUT2D eigenvalue weighted by Crippen LogP contribution is -2.19. The van der Waals surface area contributed by atoms with Crippen LogP contribution in [0.4, 0.5) is 5.69 Å². The van der Waals surface area contributed by atoms with E-state index in [0.717, 1.165) is 21.5 Å². The van der Waals surface area contributed by atoms with Crippen LogP contribution in [0.3, 0.4) is 0 Å². The van der Waals surface area contributed by atoms with Gasteiger partial charge >= 0.3 is 0 Å². The van der Waals surface area contributed by atoms with Gasteiger partial charge in [0.05, 0.1) is 34.4 Å². The predicted octanol–water partition coefficient (Wildman–Crippen LogP) is 5.93. The van der Waals surface area contributed by atoms with Crippen LogP contribution in [0.15, 0.2) is 50.8 Å². The first kappa shape index (κ1) is 23.2. The highest BCUT2D eigenvalue weighted by Crippen LogP contribution is 2.39. The van der Waals surface area contributed by atoms with E-state index in [1.165, 1.54) is 11.8 Å². The third kappa shape index (κ3) is 6.27. The van der Waals surface area contributed by atoms with Crippen LogP contribution >= 0.6 is 27.7 Å². The number of hydrogen-bond acceptors (Lipinski definition) is 6. The molecule has 1 fully saturated rings. The quantitative estimate of drug-likeness (QED) is 0.451. The highest BCUT2D eigenvalue weighted by atomic mass is 79.9. The fourth-order valence-corrected chi connectivity index (χ4v) is 4.21. The van der Waals surface area contributed by atoms with Crippen molar-refractivity contribution >= 4 is 50.5 Å². The maximum atomic E-state index is 12.5. The molecule has 1 saturated heterocycles. The summed E-state index contributed by atoms with van der Waals surface area (Å²) in [5.41, 5.74) is 1.57. The molecule has 0 bridgehead atoms. The third-order valence-corrected chi connectivity index (χ3v) is 5.51. The first-order valence-electron chi connectivity index (χ1n) is 10.0. The summed E-state index contributed by atoms with van der Waals surface area (Å²) in [6.45, 7) is 8.90. The van der Waals surface area contributed by atoms with Crippen molar-refractivity contribution < 1.29 is 19.0 Å². The normalized spacial score (nSPS) is 16.1.